The molecule has 3 rings (SSSR count). The third kappa shape index (κ3) is 3.38. The minimum atomic E-state index is -0.645. The number of halogens is 2. The number of aliphatic imine (C=N–C) groups is 1. The first-order valence-electron chi connectivity index (χ1n) is 8.15. The van der Waals surface area contributed by atoms with Crippen molar-refractivity contribution in [2.45, 2.75) is 45.1 Å². The van der Waals surface area contributed by atoms with Crippen molar-refractivity contribution in [3.8, 4) is 0 Å². The Labute approximate surface area is 166 Å². The third-order valence-corrected chi connectivity index (χ3v) is 5.87. The van der Waals surface area contributed by atoms with Crippen molar-refractivity contribution < 1.29 is 14.3 Å². The van der Waals surface area contributed by atoms with E-state index in [4.69, 9.17) is 27.9 Å². The van der Waals surface area contributed by atoms with Crippen LogP contribution in [0.1, 0.15) is 39.3 Å². The smallest absolute Gasteiger partial charge is 0.338 e. The number of carbonyl (C=O) groups is 2. The summed E-state index contributed by atoms with van der Waals surface area (Å²) in [6.07, 6.45) is -0.287. The number of nitrogens with zero attached hydrogens (tertiary/aromatic N) is 2. The molecule has 1 fully saturated rings. The van der Waals surface area contributed by atoms with Crippen molar-refractivity contribution in [3.63, 3.8) is 0 Å². The fraction of sp³-hybridized carbons (Fsp3) is 0.389. The number of amides is 1. The summed E-state index contributed by atoms with van der Waals surface area (Å²) < 4.78 is 5.41. The normalized spacial score (nSPS) is 22.7. The molecule has 0 N–H and O–H groups in total. The van der Waals surface area contributed by atoms with Crippen molar-refractivity contribution >= 4 is 52.0 Å². The highest BCUT2D eigenvalue weighted by atomic mass is 35.5. The Morgan fingerprint density at radius 3 is 2.62 bits per heavy atom. The van der Waals surface area contributed by atoms with E-state index >= 15 is 0 Å². The molecule has 1 saturated heterocycles. The van der Waals surface area contributed by atoms with Gasteiger partial charge in [-0.05, 0) is 45.4 Å². The fourth-order valence-corrected chi connectivity index (χ4v) is 4.27. The Kier molecular flexibility index (Phi) is 5.37. The van der Waals surface area contributed by atoms with E-state index in [9.17, 15) is 9.59 Å². The van der Waals surface area contributed by atoms with Gasteiger partial charge in [0.15, 0.2) is 5.17 Å². The maximum absolute atomic E-state index is 12.8. The summed E-state index contributed by atoms with van der Waals surface area (Å²) in [4.78, 5) is 31.6. The van der Waals surface area contributed by atoms with E-state index in [2.05, 4.69) is 4.99 Å². The SMILES string of the molecule is CC1=C(C(=O)OC(C)C)[C@@H](c2ccc(Cl)c(Cl)c2)N2C(=O)[C@@H](C)SC2=N1. The summed E-state index contributed by atoms with van der Waals surface area (Å²) in [7, 11) is 0. The van der Waals surface area contributed by atoms with Crippen LogP contribution in [-0.2, 0) is 14.3 Å². The molecule has 0 aliphatic carbocycles. The number of amidine groups is 1. The van der Waals surface area contributed by atoms with Crippen LogP contribution in [0.25, 0.3) is 0 Å². The Balaban J connectivity index is 2.16. The monoisotopic (exact) mass is 412 g/mol. The average molecular weight is 413 g/mol. The van der Waals surface area contributed by atoms with Crippen molar-refractivity contribution in [3.05, 3.63) is 45.1 Å². The van der Waals surface area contributed by atoms with Gasteiger partial charge in [-0.2, -0.15) is 0 Å². The minimum absolute atomic E-state index is 0.104. The topological polar surface area (TPSA) is 59.0 Å². The molecule has 2 aliphatic heterocycles. The Bertz CT molecular complexity index is 851. The molecule has 0 bridgehead atoms. The number of thioether (sulfide) groups is 1. The summed E-state index contributed by atoms with van der Waals surface area (Å²) >= 11 is 13.6. The number of ether oxygens (including phenoxy) is 1. The molecule has 26 heavy (non-hydrogen) atoms. The molecular weight excluding hydrogens is 395 g/mol. The number of rotatable bonds is 3. The molecule has 1 aromatic carbocycles. The van der Waals surface area contributed by atoms with E-state index in [0.29, 0.717) is 32.0 Å². The van der Waals surface area contributed by atoms with E-state index < -0.39 is 12.0 Å². The lowest BCUT2D eigenvalue weighted by molar-refractivity contribution is -0.143. The van der Waals surface area contributed by atoms with E-state index in [1.807, 2.05) is 6.92 Å². The Hall–Kier alpha value is -1.50. The first kappa shape index (κ1) is 19.3. The van der Waals surface area contributed by atoms with Gasteiger partial charge in [-0.25, -0.2) is 9.79 Å². The molecule has 1 aromatic rings. The minimum Gasteiger partial charge on any atom is -0.459 e. The highest BCUT2D eigenvalue weighted by Gasteiger charge is 2.46. The molecule has 0 radical (unpaired) electrons. The summed E-state index contributed by atoms with van der Waals surface area (Å²) in [6, 6.07) is 4.45. The lowest BCUT2D eigenvalue weighted by Gasteiger charge is -2.33. The van der Waals surface area contributed by atoms with Gasteiger partial charge in [0.1, 0.15) is 0 Å². The van der Waals surface area contributed by atoms with Crippen LogP contribution < -0.4 is 0 Å². The van der Waals surface area contributed by atoms with Crippen LogP contribution in [0.4, 0.5) is 0 Å². The predicted octanol–water partition coefficient (Wildman–Crippen LogP) is 4.59. The van der Waals surface area contributed by atoms with Crippen molar-refractivity contribution in [2.24, 2.45) is 4.99 Å². The first-order chi connectivity index (χ1) is 12.2. The number of hydrogen-bond donors (Lipinski definition) is 0. The van der Waals surface area contributed by atoms with Crippen LogP contribution >= 0.6 is 35.0 Å². The van der Waals surface area contributed by atoms with Crippen molar-refractivity contribution in [1.29, 1.82) is 0 Å². The van der Waals surface area contributed by atoms with Crippen LogP contribution in [0.15, 0.2) is 34.5 Å². The second-order valence-electron chi connectivity index (χ2n) is 6.39. The first-order valence-corrected chi connectivity index (χ1v) is 9.79. The van der Waals surface area contributed by atoms with Crippen LogP contribution in [0.2, 0.25) is 10.0 Å². The van der Waals surface area contributed by atoms with Gasteiger partial charge in [-0.3, -0.25) is 9.69 Å². The van der Waals surface area contributed by atoms with Crippen LogP contribution in [0.3, 0.4) is 0 Å². The lowest BCUT2D eigenvalue weighted by atomic mass is 9.94. The third-order valence-electron chi connectivity index (χ3n) is 4.08. The quantitative estimate of drug-likeness (QED) is 0.680. The average Bonchev–Trinajstić information content (AvgIpc) is 2.82. The molecule has 0 aromatic heterocycles. The number of fused-ring (bicyclic) bond motifs is 1. The molecule has 2 atom stereocenters. The van der Waals surface area contributed by atoms with Gasteiger partial charge >= 0.3 is 5.97 Å². The second-order valence-corrected chi connectivity index (χ2v) is 8.51. The molecule has 5 nitrogen and oxygen atoms in total. The summed E-state index contributed by atoms with van der Waals surface area (Å²) in [5.74, 6) is -0.596. The number of esters is 1. The van der Waals surface area contributed by atoms with Gasteiger partial charge in [0.05, 0.1) is 38.7 Å². The predicted molar refractivity (Wildman–Crippen MR) is 104 cm³/mol. The molecule has 8 heteroatoms. The zero-order valence-electron chi connectivity index (χ0n) is 14.7. The molecular formula is C18H18Cl2N2O3S. The van der Waals surface area contributed by atoms with Gasteiger partial charge in [-0.15, -0.1) is 0 Å². The van der Waals surface area contributed by atoms with E-state index in [1.54, 1.807) is 43.9 Å². The number of benzene rings is 1. The number of hydrogen-bond acceptors (Lipinski definition) is 5. The second kappa shape index (κ2) is 7.25. The summed E-state index contributed by atoms with van der Waals surface area (Å²) in [5.41, 5.74) is 1.56. The van der Waals surface area contributed by atoms with Crippen LogP contribution in [0.5, 0.6) is 0 Å². The van der Waals surface area contributed by atoms with E-state index in [-0.39, 0.29) is 17.3 Å². The fourth-order valence-electron chi connectivity index (χ4n) is 2.94. The van der Waals surface area contributed by atoms with Gasteiger partial charge in [0.2, 0.25) is 5.91 Å². The molecule has 0 unspecified atom stereocenters. The van der Waals surface area contributed by atoms with Gasteiger partial charge in [0.25, 0.3) is 0 Å². The highest BCUT2D eigenvalue weighted by Crippen LogP contribution is 2.44. The molecule has 2 aliphatic rings. The van der Waals surface area contributed by atoms with E-state index in [1.165, 1.54) is 11.8 Å². The van der Waals surface area contributed by atoms with E-state index in [0.717, 1.165) is 0 Å². The highest BCUT2D eigenvalue weighted by molar-refractivity contribution is 8.15. The maximum atomic E-state index is 12.8. The maximum Gasteiger partial charge on any atom is 0.338 e. The molecule has 0 saturated carbocycles. The largest absolute Gasteiger partial charge is 0.459 e. The standard InChI is InChI=1S/C18H18Cl2N2O3S/c1-8(2)25-17(24)14-9(3)21-18-22(16(23)10(4)26-18)15(14)11-5-6-12(19)13(20)7-11/h5-8,10,15H,1-4H3/t10-,15-/m1/s1. The Morgan fingerprint density at radius 1 is 1.31 bits per heavy atom. The van der Waals surface area contributed by atoms with Gasteiger partial charge < -0.3 is 4.74 Å². The van der Waals surface area contributed by atoms with Crippen molar-refractivity contribution in [2.75, 3.05) is 0 Å². The molecule has 2 heterocycles. The number of allylic oxidation sites excluding steroid dienone is 1. The Morgan fingerprint density at radius 2 is 2.00 bits per heavy atom. The summed E-state index contributed by atoms with van der Waals surface area (Å²) in [6.45, 7) is 7.12. The van der Waals surface area contributed by atoms with Gasteiger partial charge in [0, 0.05) is 0 Å². The van der Waals surface area contributed by atoms with Crippen LogP contribution in [-0.4, -0.2) is 33.3 Å². The zero-order valence-corrected chi connectivity index (χ0v) is 17.1. The molecule has 0 spiro atoms. The van der Waals surface area contributed by atoms with Crippen LogP contribution in [0, 0.1) is 0 Å². The summed E-state index contributed by atoms with van der Waals surface area (Å²) in [5, 5.41) is 1.07. The van der Waals surface area contributed by atoms with Gasteiger partial charge in [-0.1, -0.05) is 41.0 Å². The lowest BCUT2D eigenvalue weighted by Crippen LogP contribution is -2.40. The molecule has 138 valence electrons. The van der Waals surface area contributed by atoms with Crippen molar-refractivity contribution in [1.82, 2.24) is 4.90 Å². The molecule has 1 amide bonds. The zero-order chi connectivity index (χ0) is 19.2. The number of carbonyl (C=O) groups excluding carboxylic acids is 2.